The van der Waals surface area contributed by atoms with Crippen molar-refractivity contribution in [3.8, 4) is 0 Å². The molecular formula is C14H18N2S. The molecule has 0 saturated heterocycles. The van der Waals surface area contributed by atoms with Crippen molar-refractivity contribution in [1.82, 2.24) is 5.32 Å². The highest BCUT2D eigenvalue weighted by Crippen LogP contribution is 2.12. The molecule has 0 aliphatic carbocycles. The Hall–Kier alpha value is -1.32. The first-order valence-electron chi connectivity index (χ1n) is 5.87. The van der Waals surface area contributed by atoms with Gasteiger partial charge in [0.2, 0.25) is 0 Å². The smallest absolute Gasteiger partial charge is 0.0340 e. The van der Waals surface area contributed by atoms with Gasteiger partial charge >= 0.3 is 0 Å². The molecule has 0 fully saturated rings. The lowest BCUT2D eigenvalue weighted by Gasteiger charge is -2.07. The van der Waals surface area contributed by atoms with Crippen LogP contribution in [0.2, 0.25) is 0 Å². The number of aryl methyl sites for hydroxylation is 1. The van der Waals surface area contributed by atoms with Gasteiger partial charge < -0.3 is 10.6 Å². The van der Waals surface area contributed by atoms with Crippen molar-refractivity contribution in [3.63, 3.8) is 0 Å². The number of hydrogen-bond acceptors (Lipinski definition) is 3. The lowest BCUT2D eigenvalue weighted by molar-refractivity contribution is 0.706. The van der Waals surface area contributed by atoms with E-state index in [2.05, 4.69) is 40.5 Å². The van der Waals surface area contributed by atoms with E-state index in [4.69, 9.17) is 0 Å². The highest BCUT2D eigenvalue weighted by molar-refractivity contribution is 7.08. The van der Waals surface area contributed by atoms with Crippen LogP contribution in [0, 0.1) is 6.92 Å². The van der Waals surface area contributed by atoms with E-state index in [1.165, 1.54) is 16.8 Å². The topological polar surface area (TPSA) is 24.1 Å². The SMILES string of the molecule is Cc1cscc1CNCCNc1ccccc1. The van der Waals surface area contributed by atoms with Gasteiger partial charge in [0.05, 0.1) is 0 Å². The van der Waals surface area contributed by atoms with Gasteiger partial charge in [-0.2, -0.15) is 11.3 Å². The molecule has 0 unspecified atom stereocenters. The molecule has 1 aromatic heterocycles. The van der Waals surface area contributed by atoms with E-state index in [0.29, 0.717) is 0 Å². The van der Waals surface area contributed by atoms with E-state index in [0.717, 1.165) is 19.6 Å². The van der Waals surface area contributed by atoms with Crippen LogP contribution in [0.4, 0.5) is 5.69 Å². The van der Waals surface area contributed by atoms with Crippen LogP contribution in [0.5, 0.6) is 0 Å². The molecule has 2 rings (SSSR count). The number of nitrogens with one attached hydrogen (secondary N) is 2. The van der Waals surface area contributed by atoms with Crippen LogP contribution >= 0.6 is 11.3 Å². The largest absolute Gasteiger partial charge is 0.384 e. The maximum absolute atomic E-state index is 3.44. The molecule has 1 heterocycles. The Morgan fingerprint density at radius 1 is 1.06 bits per heavy atom. The van der Waals surface area contributed by atoms with Crippen molar-refractivity contribution in [2.24, 2.45) is 0 Å². The number of thiophene rings is 1. The summed E-state index contributed by atoms with van der Waals surface area (Å²) in [5.41, 5.74) is 3.98. The first kappa shape index (κ1) is 12.1. The van der Waals surface area contributed by atoms with Crippen molar-refractivity contribution in [2.45, 2.75) is 13.5 Å². The quantitative estimate of drug-likeness (QED) is 0.765. The third-order valence-corrected chi connectivity index (χ3v) is 3.59. The van der Waals surface area contributed by atoms with Gasteiger partial charge in [-0.3, -0.25) is 0 Å². The predicted octanol–water partition coefficient (Wildman–Crippen LogP) is 3.26. The molecule has 0 amide bonds. The number of anilines is 1. The first-order chi connectivity index (χ1) is 8.36. The predicted molar refractivity (Wildman–Crippen MR) is 75.7 cm³/mol. The Morgan fingerprint density at radius 2 is 1.88 bits per heavy atom. The maximum atomic E-state index is 3.44. The Balaban J connectivity index is 1.63. The standard InChI is InChI=1S/C14H18N2S/c1-12-10-17-11-13(12)9-15-7-8-16-14-5-3-2-4-6-14/h2-6,10-11,15-16H,7-9H2,1H3. The Bertz CT molecular complexity index is 436. The van der Waals surface area contributed by atoms with Crippen LogP contribution < -0.4 is 10.6 Å². The molecule has 17 heavy (non-hydrogen) atoms. The number of benzene rings is 1. The van der Waals surface area contributed by atoms with Crippen molar-refractivity contribution < 1.29 is 0 Å². The Kier molecular flexibility index (Phi) is 4.59. The molecule has 0 atom stereocenters. The van der Waals surface area contributed by atoms with Gasteiger partial charge in [0.1, 0.15) is 0 Å². The Labute approximate surface area is 107 Å². The molecule has 2 nitrogen and oxygen atoms in total. The summed E-state index contributed by atoms with van der Waals surface area (Å²) in [5, 5.41) is 11.2. The van der Waals surface area contributed by atoms with Gasteiger partial charge in [-0.05, 0) is 40.9 Å². The van der Waals surface area contributed by atoms with Gasteiger partial charge in [-0.25, -0.2) is 0 Å². The highest BCUT2D eigenvalue weighted by Gasteiger charge is 1.97. The third-order valence-electron chi connectivity index (χ3n) is 2.68. The van der Waals surface area contributed by atoms with Crippen LogP contribution in [-0.4, -0.2) is 13.1 Å². The summed E-state index contributed by atoms with van der Waals surface area (Å²) in [6, 6.07) is 10.3. The van der Waals surface area contributed by atoms with Crippen molar-refractivity contribution in [2.75, 3.05) is 18.4 Å². The fraction of sp³-hybridized carbons (Fsp3) is 0.286. The molecule has 0 radical (unpaired) electrons. The van der Waals surface area contributed by atoms with E-state index in [1.54, 1.807) is 11.3 Å². The van der Waals surface area contributed by atoms with Gasteiger partial charge in [0, 0.05) is 25.3 Å². The fourth-order valence-corrected chi connectivity index (χ4v) is 2.50. The molecule has 0 aliphatic heterocycles. The van der Waals surface area contributed by atoms with Gasteiger partial charge in [-0.15, -0.1) is 0 Å². The lowest BCUT2D eigenvalue weighted by atomic mass is 10.2. The van der Waals surface area contributed by atoms with Gasteiger partial charge in [0.15, 0.2) is 0 Å². The zero-order chi connectivity index (χ0) is 11.9. The minimum absolute atomic E-state index is 0.952. The zero-order valence-corrected chi connectivity index (χ0v) is 10.9. The first-order valence-corrected chi connectivity index (χ1v) is 6.82. The maximum Gasteiger partial charge on any atom is 0.0340 e. The van der Waals surface area contributed by atoms with Crippen LogP contribution in [0.15, 0.2) is 41.1 Å². The van der Waals surface area contributed by atoms with Crippen molar-refractivity contribution >= 4 is 17.0 Å². The van der Waals surface area contributed by atoms with Crippen LogP contribution in [0.25, 0.3) is 0 Å². The number of para-hydroxylation sites is 1. The molecular weight excluding hydrogens is 228 g/mol. The third kappa shape index (κ3) is 3.88. The normalized spacial score (nSPS) is 10.4. The minimum Gasteiger partial charge on any atom is -0.384 e. The van der Waals surface area contributed by atoms with Crippen LogP contribution in [-0.2, 0) is 6.54 Å². The molecule has 0 bridgehead atoms. The fourth-order valence-electron chi connectivity index (χ4n) is 1.64. The zero-order valence-electron chi connectivity index (χ0n) is 10.1. The molecule has 2 N–H and O–H groups in total. The van der Waals surface area contributed by atoms with Crippen molar-refractivity contribution in [1.29, 1.82) is 0 Å². The molecule has 0 aliphatic rings. The molecule has 90 valence electrons. The second-order valence-electron chi connectivity index (χ2n) is 4.05. The summed E-state index contributed by atoms with van der Waals surface area (Å²) in [6.45, 7) is 5.05. The second kappa shape index (κ2) is 6.42. The van der Waals surface area contributed by atoms with E-state index in [-0.39, 0.29) is 0 Å². The molecule has 1 aromatic carbocycles. The molecule has 3 heteroatoms. The summed E-state index contributed by atoms with van der Waals surface area (Å²) >= 11 is 1.77. The summed E-state index contributed by atoms with van der Waals surface area (Å²) in [6.07, 6.45) is 0. The highest BCUT2D eigenvalue weighted by atomic mass is 32.1. The minimum atomic E-state index is 0.952. The molecule has 2 aromatic rings. The molecule has 0 spiro atoms. The lowest BCUT2D eigenvalue weighted by Crippen LogP contribution is -2.21. The second-order valence-corrected chi connectivity index (χ2v) is 4.79. The Morgan fingerprint density at radius 3 is 2.59 bits per heavy atom. The van der Waals surface area contributed by atoms with Crippen LogP contribution in [0.1, 0.15) is 11.1 Å². The summed E-state index contributed by atoms with van der Waals surface area (Å²) < 4.78 is 0. The average molecular weight is 246 g/mol. The average Bonchev–Trinajstić information content (AvgIpc) is 2.76. The van der Waals surface area contributed by atoms with Crippen molar-refractivity contribution in [3.05, 3.63) is 52.2 Å². The number of rotatable bonds is 6. The van der Waals surface area contributed by atoms with Crippen LogP contribution in [0.3, 0.4) is 0 Å². The van der Waals surface area contributed by atoms with E-state index < -0.39 is 0 Å². The monoisotopic (exact) mass is 246 g/mol. The van der Waals surface area contributed by atoms with Gasteiger partial charge in [0.25, 0.3) is 0 Å². The number of hydrogen-bond donors (Lipinski definition) is 2. The van der Waals surface area contributed by atoms with Gasteiger partial charge in [-0.1, -0.05) is 18.2 Å². The van der Waals surface area contributed by atoms with E-state index in [1.807, 2.05) is 18.2 Å². The van der Waals surface area contributed by atoms with E-state index in [9.17, 15) is 0 Å². The summed E-state index contributed by atoms with van der Waals surface area (Å²) in [4.78, 5) is 0. The summed E-state index contributed by atoms with van der Waals surface area (Å²) in [5.74, 6) is 0. The molecule has 0 saturated carbocycles. The van der Waals surface area contributed by atoms with E-state index >= 15 is 0 Å². The summed E-state index contributed by atoms with van der Waals surface area (Å²) in [7, 11) is 0.